The molecule has 198 valence electrons. The fourth-order valence-corrected chi connectivity index (χ4v) is 6.35. The molecule has 0 bridgehead atoms. The van der Waals surface area contributed by atoms with Crippen LogP contribution < -0.4 is 5.32 Å². The number of carbonyl (C=O) groups excluding carboxylic acids is 3. The van der Waals surface area contributed by atoms with E-state index in [1.54, 1.807) is 12.1 Å². The maximum Gasteiger partial charge on any atom is 0.269 e. The lowest BCUT2D eigenvalue weighted by atomic mass is 10.0. The van der Waals surface area contributed by atoms with E-state index in [1.165, 1.54) is 24.1 Å². The van der Waals surface area contributed by atoms with Gasteiger partial charge in [0.15, 0.2) is 0 Å². The minimum absolute atomic E-state index is 0.0178. The molecule has 3 aromatic carbocycles. The van der Waals surface area contributed by atoms with E-state index in [1.807, 2.05) is 54.6 Å². The molecule has 0 saturated heterocycles. The Morgan fingerprint density at radius 1 is 0.947 bits per heavy atom. The van der Waals surface area contributed by atoms with Gasteiger partial charge in [-0.1, -0.05) is 70.5 Å². The van der Waals surface area contributed by atoms with Crippen LogP contribution in [0, 0.1) is 0 Å². The second-order valence-corrected chi connectivity index (χ2v) is 11.7. The standard InChI is InChI=1S/C28H28BrN3O5S/c1-30-27(34)24(18-20-8-3-2-4-9-20)31(19-21-13-15-22(29)16-14-21)26(33)12-7-17-32-28(35)23-10-5-6-11-25(23)38(32,36)37/h2-6,8-11,13-16,24H,7,12,17-19H2,1H3,(H,30,34). The molecule has 3 amide bonds. The Labute approximate surface area is 230 Å². The van der Waals surface area contributed by atoms with Crippen molar-refractivity contribution in [2.45, 2.75) is 36.7 Å². The number of amides is 3. The number of hydrogen-bond donors (Lipinski definition) is 1. The van der Waals surface area contributed by atoms with Crippen molar-refractivity contribution in [3.63, 3.8) is 0 Å². The zero-order valence-corrected chi connectivity index (χ0v) is 23.2. The summed E-state index contributed by atoms with van der Waals surface area (Å²) in [6.07, 6.45) is 0.409. The van der Waals surface area contributed by atoms with Crippen molar-refractivity contribution in [3.05, 3.63) is 100 Å². The van der Waals surface area contributed by atoms with E-state index in [0.717, 1.165) is 19.9 Å². The molecule has 0 spiro atoms. The first kappa shape index (κ1) is 27.5. The van der Waals surface area contributed by atoms with Gasteiger partial charge in [0.25, 0.3) is 15.9 Å². The van der Waals surface area contributed by atoms with Gasteiger partial charge in [0, 0.05) is 37.5 Å². The number of sulfonamides is 1. The number of likely N-dealkylation sites (N-methyl/N-ethyl adjacent to an activating group) is 1. The topological polar surface area (TPSA) is 104 Å². The van der Waals surface area contributed by atoms with Crippen molar-refractivity contribution in [2.24, 2.45) is 0 Å². The lowest BCUT2D eigenvalue weighted by Crippen LogP contribution is -2.49. The number of fused-ring (bicyclic) bond motifs is 1. The maximum absolute atomic E-state index is 13.6. The fourth-order valence-electron chi connectivity index (χ4n) is 4.48. The van der Waals surface area contributed by atoms with E-state index in [-0.39, 0.29) is 48.2 Å². The molecule has 0 fully saturated rings. The van der Waals surface area contributed by atoms with Gasteiger partial charge in [-0.3, -0.25) is 14.4 Å². The summed E-state index contributed by atoms with van der Waals surface area (Å²) >= 11 is 3.41. The van der Waals surface area contributed by atoms with Crippen LogP contribution in [0.25, 0.3) is 0 Å². The van der Waals surface area contributed by atoms with Crippen molar-refractivity contribution >= 4 is 43.7 Å². The van der Waals surface area contributed by atoms with Crippen LogP contribution in [0.4, 0.5) is 0 Å². The molecule has 1 atom stereocenters. The fraction of sp³-hybridized carbons (Fsp3) is 0.250. The molecule has 1 N–H and O–H groups in total. The van der Waals surface area contributed by atoms with Gasteiger partial charge < -0.3 is 10.2 Å². The Kier molecular flexibility index (Phi) is 8.63. The Hall–Kier alpha value is -3.50. The second-order valence-electron chi connectivity index (χ2n) is 8.95. The first-order chi connectivity index (χ1) is 18.2. The van der Waals surface area contributed by atoms with Gasteiger partial charge in [0.05, 0.1) is 5.56 Å². The number of benzene rings is 3. The number of halogens is 1. The largest absolute Gasteiger partial charge is 0.357 e. The first-order valence-electron chi connectivity index (χ1n) is 12.2. The summed E-state index contributed by atoms with van der Waals surface area (Å²) in [5.41, 5.74) is 1.88. The highest BCUT2D eigenvalue weighted by molar-refractivity contribution is 9.10. The highest BCUT2D eigenvalue weighted by atomic mass is 79.9. The summed E-state index contributed by atoms with van der Waals surface area (Å²) in [6, 6.07) is 22.2. The number of nitrogens with zero attached hydrogens (tertiary/aromatic N) is 2. The third kappa shape index (κ3) is 5.97. The zero-order chi connectivity index (χ0) is 27.3. The molecule has 0 radical (unpaired) electrons. The van der Waals surface area contributed by atoms with Crippen molar-refractivity contribution in [1.82, 2.24) is 14.5 Å². The smallest absolute Gasteiger partial charge is 0.269 e. The number of carbonyl (C=O) groups is 3. The number of nitrogens with one attached hydrogen (secondary N) is 1. The molecule has 38 heavy (non-hydrogen) atoms. The molecule has 1 heterocycles. The summed E-state index contributed by atoms with van der Waals surface area (Å²) in [4.78, 5) is 40.8. The van der Waals surface area contributed by atoms with Crippen LogP contribution in [0.3, 0.4) is 0 Å². The van der Waals surface area contributed by atoms with Crippen LogP contribution in [-0.4, -0.2) is 55.0 Å². The molecular formula is C28H28BrN3O5S. The molecule has 8 nitrogen and oxygen atoms in total. The predicted molar refractivity (Wildman–Crippen MR) is 147 cm³/mol. The Morgan fingerprint density at radius 3 is 2.26 bits per heavy atom. The molecule has 1 unspecified atom stereocenters. The summed E-state index contributed by atoms with van der Waals surface area (Å²) < 4.78 is 27.4. The molecular weight excluding hydrogens is 570 g/mol. The van der Waals surface area contributed by atoms with E-state index >= 15 is 0 Å². The average Bonchev–Trinajstić information content (AvgIpc) is 3.12. The molecule has 1 aliphatic rings. The van der Waals surface area contributed by atoms with Gasteiger partial charge in [0.2, 0.25) is 11.8 Å². The van der Waals surface area contributed by atoms with Crippen LogP contribution in [-0.2, 0) is 32.6 Å². The molecule has 0 saturated carbocycles. The summed E-state index contributed by atoms with van der Waals surface area (Å²) in [5, 5.41) is 2.67. The molecule has 0 aromatic heterocycles. The maximum atomic E-state index is 13.6. The number of rotatable bonds is 10. The van der Waals surface area contributed by atoms with E-state index in [0.29, 0.717) is 6.42 Å². The molecule has 3 aromatic rings. The van der Waals surface area contributed by atoms with Crippen LogP contribution in [0.2, 0.25) is 0 Å². The van der Waals surface area contributed by atoms with Crippen molar-refractivity contribution in [2.75, 3.05) is 13.6 Å². The van der Waals surface area contributed by atoms with Gasteiger partial charge in [-0.15, -0.1) is 0 Å². The SMILES string of the molecule is CNC(=O)C(Cc1ccccc1)N(Cc1ccc(Br)cc1)C(=O)CCCN1C(=O)c2ccccc2S1(=O)=O. The van der Waals surface area contributed by atoms with Gasteiger partial charge in [0.1, 0.15) is 10.9 Å². The summed E-state index contributed by atoms with van der Waals surface area (Å²) in [7, 11) is -2.42. The van der Waals surface area contributed by atoms with Crippen LogP contribution in [0.5, 0.6) is 0 Å². The Balaban J connectivity index is 1.53. The third-order valence-electron chi connectivity index (χ3n) is 6.45. The van der Waals surface area contributed by atoms with Crippen molar-refractivity contribution in [3.8, 4) is 0 Å². The second kappa shape index (κ2) is 11.9. The van der Waals surface area contributed by atoms with Crippen LogP contribution >= 0.6 is 15.9 Å². The molecule has 10 heteroatoms. The molecule has 0 aliphatic carbocycles. The Morgan fingerprint density at radius 2 is 1.61 bits per heavy atom. The summed E-state index contributed by atoms with van der Waals surface area (Å²) in [5.74, 6) is -1.20. The van der Waals surface area contributed by atoms with Gasteiger partial charge in [-0.2, -0.15) is 0 Å². The van der Waals surface area contributed by atoms with E-state index in [2.05, 4.69) is 21.2 Å². The van der Waals surface area contributed by atoms with Crippen molar-refractivity contribution in [1.29, 1.82) is 0 Å². The minimum Gasteiger partial charge on any atom is -0.357 e. The highest BCUT2D eigenvalue weighted by Crippen LogP contribution is 2.30. The van der Waals surface area contributed by atoms with Crippen LogP contribution in [0.15, 0.2) is 88.2 Å². The molecule has 1 aliphatic heterocycles. The van der Waals surface area contributed by atoms with E-state index in [4.69, 9.17) is 0 Å². The summed E-state index contributed by atoms with van der Waals surface area (Å²) in [6.45, 7) is 0.0699. The normalized spacial score (nSPS) is 14.6. The lowest BCUT2D eigenvalue weighted by molar-refractivity contribution is -0.141. The van der Waals surface area contributed by atoms with Crippen molar-refractivity contribution < 1.29 is 22.8 Å². The van der Waals surface area contributed by atoms with Gasteiger partial charge in [-0.05, 0) is 41.8 Å². The van der Waals surface area contributed by atoms with Crippen LogP contribution in [0.1, 0.15) is 34.3 Å². The third-order valence-corrected chi connectivity index (χ3v) is 8.82. The zero-order valence-electron chi connectivity index (χ0n) is 20.8. The first-order valence-corrected chi connectivity index (χ1v) is 14.4. The molecule has 4 rings (SSSR count). The van der Waals surface area contributed by atoms with Gasteiger partial charge in [-0.25, -0.2) is 12.7 Å². The van der Waals surface area contributed by atoms with E-state index in [9.17, 15) is 22.8 Å². The van der Waals surface area contributed by atoms with E-state index < -0.39 is 22.0 Å². The monoisotopic (exact) mass is 597 g/mol. The number of hydrogen-bond acceptors (Lipinski definition) is 5. The minimum atomic E-state index is -3.95. The predicted octanol–water partition coefficient (Wildman–Crippen LogP) is 3.76. The average molecular weight is 599 g/mol. The quantitative estimate of drug-likeness (QED) is 0.383. The highest BCUT2D eigenvalue weighted by Gasteiger charge is 2.40. The lowest BCUT2D eigenvalue weighted by Gasteiger charge is -2.31. The Bertz CT molecular complexity index is 1430. The van der Waals surface area contributed by atoms with Gasteiger partial charge >= 0.3 is 0 Å².